The number of anilines is 2. The fourth-order valence-electron chi connectivity index (χ4n) is 1.20. The molecule has 16 heavy (non-hydrogen) atoms. The maximum atomic E-state index is 4.27. The molecule has 4 nitrogen and oxygen atoms in total. The van der Waals surface area contributed by atoms with Gasteiger partial charge in [0.05, 0.1) is 10.3 Å². The van der Waals surface area contributed by atoms with Crippen LogP contribution in [0.15, 0.2) is 28.2 Å². The van der Waals surface area contributed by atoms with Crippen LogP contribution in [-0.2, 0) is 6.54 Å². The van der Waals surface area contributed by atoms with Crippen molar-refractivity contribution < 1.29 is 0 Å². The van der Waals surface area contributed by atoms with E-state index < -0.39 is 0 Å². The smallest absolute Gasteiger partial charge is 0.224 e. The zero-order valence-electron chi connectivity index (χ0n) is 8.70. The van der Waals surface area contributed by atoms with E-state index in [1.165, 1.54) is 4.88 Å². The highest BCUT2D eigenvalue weighted by molar-refractivity contribution is 9.11. The molecule has 0 fully saturated rings. The number of thiophene rings is 1. The molecule has 2 aromatic heterocycles. The van der Waals surface area contributed by atoms with Crippen molar-refractivity contribution in [2.75, 3.05) is 17.7 Å². The summed E-state index contributed by atoms with van der Waals surface area (Å²) in [5.41, 5.74) is 0. The summed E-state index contributed by atoms with van der Waals surface area (Å²) in [6.07, 6.45) is 1.73. The maximum absolute atomic E-state index is 4.27. The molecule has 0 radical (unpaired) electrons. The van der Waals surface area contributed by atoms with Gasteiger partial charge in [0, 0.05) is 18.1 Å². The molecule has 6 heteroatoms. The summed E-state index contributed by atoms with van der Waals surface area (Å²) in [5.74, 6) is 1.45. The largest absolute Gasteiger partial charge is 0.365 e. The van der Waals surface area contributed by atoms with Crippen LogP contribution in [0.5, 0.6) is 0 Å². The number of halogens is 1. The van der Waals surface area contributed by atoms with Gasteiger partial charge in [0.25, 0.3) is 0 Å². The van der Waals surface area contributed by atoms with Crippen LogP contribution in [0.1, 0.15) is 4.88 Å². The monoisotopic (exact) mass is 298 g/mol. The molecule has 2 rings (SSSR count). The first-order chi connectivity index (χ1) is 7.78. The first kappa shape index (κ1) is 11.3. The van der Waals surface area contributed by atoms with Crippen LogP contribution in [0.2, 0.25) is 0 Å². The molecule has 0 unspecified atom stereocenters. The van der Waals surface area contributed by atoms with Gasteiger partial charge in [0.1, 0.15) is 5.82 Å². The number of hydrogen-bond acceptors (Lipinski definition) is 5. The Morgan fingerprint density at radius 1 is 1.38 bits per heavy atom. The van der Waals surface area contributed by atoms with E-state index in [1.54, 1.807) is 24.6 Å². The third kappa shape index (κ3) is 2.93. The summed E-state index contributed by atoms with van der Waals surface area (Å²) in [6.45, 7) is 0.774. The zero-order chi connectivity index (χ0) is 11.4. The van der Waals surface area contributed by atoms with Crippen molar-refractivity contribution in [1.82, 2.24) is 9.97 Å². The zero-order valence-corrected chi connectivity index (χ0v) is 11.1. The molecule has 0 spiro atoms. The Labute approximate surface area is 106 Å². The molecular formula is C10H11BrN4S. The third-order valence-electron chi connectivity index (χ3n) is 1.95. The second-order valence-electron chi connectivity index (χ2n) is 3.07. The standard InChI is InChI=1S/C10H11BrN4S/c1-12-10-13-5-4-9(15-10)14-6-7-2-3-8(11)16-7/h2-5H,6H2,1H3,(H2,12,13,14,15). The highest BCUT2D eigenvalue weighted by atomic mass is 79.9. The van der Waals surface area contributed by atoms with Crippen LogP contribution >= 0.6 is 27.3 Å². The minimum Gasteiger partial charge on any atom is -0.365 e. The summed E-state index contributed by atoms with van der Waals surface area (Å²) in [6, 6.07) is 5.98. The molecule has 0 saturated heterocycles. The van der Waals surface area contributed by atoms with Crippen molar-refractivity contribution in [2.24, 2.45) is 0 Å². The number of nitrogens with one attached hydrogen (secondary N) is 2. The first-order valence-corrected chi connectivity index (χ1v) is 6.38. The number of nitrogens with zero attached hydrogens (tertiary/aromatic N) is 2. The molecule has 2 heterocycles. The summed E-state index contributed by atoms with van der Waals surface area (Å²) in [5, 5.41) is 6.15. The van der Waals surface area contributed by atoms with Crippen molar-refractivity contribution in [1.29, 1.82) is 0 Å². The molecule has 2 aromatic rings. The Morgan fingerprint density at radius 3 is 2.94 bits per heavy atom. The van der Waals surface area contributed by atoms with E-state index in [0.29, 0.717) is 5.95 Å². The summed E-state index contributed by atoms with van der Waals surface area (Å²) < 4.78 is 1.14. The van der Waals surface area contributed by atoms with Crippen molar-refractivity contribution >= 4 is 39.0 Å². The lowest BCUT2D eigenvalue weighted by Crippen LogP contribution is -2.02. The molecular weight excluding hydrogens is 288 g/mol. The van der Waals surface area contributed by atoms with E-state index in [2.05, 4.69) is 42.6 Å². The van der Waals surface area contributed by atoms with Crippen molar-refractivity contribution in [3.05, 3.63) is 33.1 Å². The van der Waals surface area contributed by atoms with Crippen LogP contribution in [-0.4, -0.2) is 17.0 Å². The quantitative estimate of drug-likeness (QED) is 0.911. The van der Waals surface area contributed by atoms with Gasteiger partial charge in [-0.3, -0.25) is 0 Å². The van der Waals surface area contributed by atoms with Gasteiger partial charge in [0.15, 0.2) is 0 Å². The molecule has 0 aromatic carbocycles. The molecule has 2 N–H and O–H groups in total. The number of hydrogen-bond donors (Lipinski definition) is 2. The van der Waals surface area contributed by atoms with Crippen LogP contribution in [0.25, 0.3) is 0 Å². The lowest BCUT2D eigenvalue weighted by molar-refractivity contribution is 1.09. The predicted molar refractivity (Wildman–Crippen MR) is 70.9 cm³/mol. The first-order valence-electron chi connectivity index (χ1n) is 4.77. The predicted octanol–water partition coefficient (Wildman–Crippen LogP) is 2.95. The maximum Gasteiger partial charge on any atom is 0.224 e. The Balaban J connectivity index is 1.99. The van der Waals surface area contributed by atoms with E-state index in [4.69, 9.17) is 0 Å². The van der Waals surface area contributed by atoms with E-state index in [-0.39, 0.29) is 0 Å². The fourth-order valence-corrected chi connectivity index (χ4v) is 2.62. The van der Waals surface area contributed by atoms with Gasteiger partial charge < -0.3 is 10.6 Å². The van der Waals surface area contributed by atoms with Crippen LogP contribution < -0.4 is 10.6 Å². The molecule has 0 bridgehead atoms. The summed E-state index contributed by atoms with van der Waals surface area (Å²) >= 11 is 5.15. The Morgan fingerprint density at radius 2 is 2.25 bits per heavy atom. The van der Waals surface area contributed by atoms with Crippen molar-refractivity contribution in [3.63, 3.8) is 0 Å². The molecule has 0 atom stereocenters. The van der Waals surface area contributed by atoms with Gasteiger partial charge in [-0.25, -0.2) is 4.98 Å². The molecule has 0 aliphatic carbocycles. The van der Waals surface area contributed by atoms with Gasteiger partial charge in [-0.2, -0.15) is 4.98 Å². The van der Waals surface area contributed by atoms with Crippen LogP contribution in [0, 0.1) is 0 Å². The van der Waals surface area contributed by atoms with Gasteiger partial charge in [-0.1, -0.05) is 0 Å². The molecule has 84 valence electrons. The van der Waals surface area contributed by atoms with Crippen LogP contribution in [0.4, 0.5) is 11.8 Å². The Bertz CT molecular complexity index is 471. The SMILES string of the molecule is CNc1nccc(NCc2ccc(Br)s2)n1. The topological polar surface area (TPSA) is 49.8 Å². The second-order valence-corrected chi connectivity index (χ2v) is 5.62. The van der Waals surface area contributed by atoms with E-state index in [0.717, 1.165) is 16.1 Å². The lowest BCUT2D eigenvalue weighted by atomic mass is 10.4. The minimum atomic E-state index is 0.623. The molecule has 0 saturated carbocycles. The van der Waals surface area contributed by atoms with E-state index in [9.17, 15) is 0 Å². The van der Waals surface area contributed by atoms with Gasteiger partial charge >= 0.3 is 0 Å². The summed E-state index contributed by atoms with van der Waals surface area (Å²) in [4.78, 5) is 9.58. The highest BCUT2D eigenvalue weighted by Gasteiger charge is 1.99. The van der Waals surface area contributed by atoms with Gasteiger partial charge in [-0.05, 0) is 34.1 Å². The fraction of sp³-hybridized carbons (Fsp3) is 0.200. The second kappa shape index (κ2) is 5.27. The Kier molecular flexibility index (Phi) is 3.74. The molecule has 0 aliphatic rings. The number of aromatic nitrogens is 2. The highest BCUT2D eigenvalue weighted by Crippen LogP contribution is 2.22. The van der Waals surface area contributed by atoms with Crippen molar-refractivity contribution in [2.45, 2.75) is 6.54 Å². The number of rotatable bonds is 4. The Hall–Kier alpha value is -1.14. The van der Waals surface area contributed by atoms with Gasteiger partial charge in [0.2, 0.25) is 5.95 Å². The average molecular weight is 299 g/mol. The minimum absolute atomic E-state index is 0.623. The normalized spacial score (nSPS) is 10.1. The van der Waals surface area contributed by atoms with Crippen LogP contribution in [0.3, 0.4) is 0 Å². The van der Waals surface area contributed by atoms with E-state index in [1.807, 2.05) is 12.1 Å². The van der Waals surface area contributed by atoms with Gasteiger partial charge in [-0.15, -0.1) is 11.3 Å². The summed E-state index contributed by atoms with van der Waals surface area (Å²) in [7, 11) is 1.80. The van der Waals surface area contributed by atoms with Crippen molar-refractivity contribution in [3.8, 4) is 0 Å². The lowest BCUT2D eigenvalue weighted by Gasteiger charge is -2.04. The van der Waals surface area contributed by atoms with E-state index >= 15 is 0 Å². The molecule has 0 amide bonds. The third-order valence-corrected chi connectivity index (χ3v) is 3.58. The average Bonchev–Trinajstić information content (AvgIpc) is 2.73. The molecule has 0 aliphatic heterocycles.